The lowest BCUT2D eigenvalue weighted by atomic mass is 10.0. The van der Waals surface area contributed by atoms with Gasteiger partial charge in [-0.05, 0) is 40.1 Å². The molecule has 2 amide bonds. The molecule has 1 fully saturated rings. The number of fused-ring (bicyclic) bond motifs is 2. The predicted molar refractivity (Wildman–Crippen MR) is 120 cm³/mol. The average Bonchev–Trinajstić information content (AvgIpc) is 3.28. The van der Waals surface area contributed by atoms with Gasteiger partial charge in [0.15, 0.2) is 11.5 Å². The summed E-state index contributed by atoms with van der Waals surface area (Å²) in [5, 5.41) is 8.18. The summed E-state index contributed by atoms with van der Waals surface area (Å²) in [7, 11) is 0. The first-order valence-corrected chi connectivity index (χ1v) is 10.8. The van der Waals surface area contributed by atoms with E-state index in [1.54, 1.807) is 0 Å². The number of hydrogen-bond acceptors (Lipinski definition) is 5. The molecule has 2 aliphatic heterocycles. The summed E-state index contributed by atoms with van der Waals surface area (Å²) >= 11 is 0. The number of piperazine rings is 1. The van der Waals surface area contributed by atoms with Crippen molar-refractivity contribution in [1.82, 2.24) is 15.5 Å². The fourth-order valence-corrected chi connectivity index (χ4v) is 4.24. The molecule has 2 heterocycles. The van der Waals surface area contributed by atoms with Crippen LogP contribution >= 0.6 is 0 Å². The molecule has 7 heteroatoms. The molecule has 3 aromatic rings. The highest BCUT2D eigenvalue weighted by Gasteiger charge is 2.31. The Labute approximate surface area is 186 Å². The van der Waals surface area contributed by atoms with E-state index < -0.39 is 6.04 Å². The van der Waals surface area contributed by atoms with E-state index in [4.69, 9.17) is 9.47 Å². The number of carbonyl (C=O) groups is 2. The van der Waals surface area contributed by atoms with Crippen LogP contribution in [0.15, 0.2) is 60.7 Å². The number of rotatable bonds is 6. The number of nitrogens with one attached hydrogen (secondary N) is 2. The van der Waals surface area contributed by atoms with Gasteiger partial charge in [0.25, 0.3) is 0 Å². The van der Waals surface area contributed by atoms with Crippen molar-refractivity contribution in [1.29, 1.82) is 0 Å². The zero-order valence-corrected chi connectivity index (χ0v) is 17.7. The highest BCUT2D eigenvalue weighted by atomic mass is 16.7. The standard InChI is InChI=1S/C25H25N3O4/c29-24(27-14-17-6-8-22-23(12-17)32-16-31-22)13-21-25(30)26-9-10-28(21)15-18-5-7-19-3-1-2-4-20(19)11-18/h1-8,11-12,21H,9-10,13-16H2,(H,26,30)(H,27,29). The first-order chi connectivity index (χ1) is 15.7. The molecule has 3 aromatic carbocycles. The summed E-state index contributed by atoms with van der Waals surface area (Å²) in [5.74, 6) is 1.14. The third-order valence-corrected chi connectivity index (χ3v) is 5.95. The fourth-order valence-electron chi connectivity index (χ4n) is 4.24. The molecule has 2 N–H and O–H groups in total. The molecule has 2 aliphatic rings. The van der Waals surface area contributed by atoms with Gasteiger partial charge in [-0.15, -0.1) is 0 Å². The van der Waals surface area contributed by atoms with Crippen LogP contribution in [0.25, 0.3) is 10.8 Å². The van der Waals surface area contributed by atoms with Crippen LogP contribution in [0.1, 0.15) is 17.5 Å². The highest BCUT2D eigenvalue weighted by Crippen LogP contribution is 2.32. The molecule has 5 rings (SSSR count). The van der Waals surface area contributed by atoms with Gasteiger partial charge in [-0.1, -0.05) is 42.5 Å². The highest BCUT2D eigenvalue weighted by molar-refractivity contribution is 5.89. The Morgan fingerprint density at radius 2 is 1.81 bits per heavy atom. The van der Waals surface area contributed by atoms with Gasteiger partial charge in [0.2, 0.25) is 18.6 Å². The zero-order chi connectivity index (χ0) is 21.9. The molecule has 32 heavy (non-hydrogen) atoms. The van der Waals surface area contributed by atoms with Crippen molar-refractivity contribution in [3.63, 3.8) is 0 Å². The smallest absolute Gasteiger partial charge is 0.237 e. The van der Waals surface area contributed by atoms with E-state index in [-0.39, 0.29) is 25.0 Å². The first-order valence-electron chi connectivity index (χ1n) is 10.8. The van der Waals surface area contributed by atoms with E-state index in [0.29, 0.717) is 37.7 Å². The number of ether oxygens (including phenoxy) is 2. The quantitative estimate of drug-likeness (QED) is 0.627. The van der Waals surface area contributed by atoms with Crippen LogP contribution in [0.2, 0.25) is 0 Å². The van der Waals surface area contributed by atoms with Gasteiger partial charge >= 0.3 is 0 Å². The van der Waals surface area contributed by atoms with Crippen molar-refractivity contribution < 1.29 is 19.1 Å². The van der Waals surface area contributed by atoms with Crippen molar-refractivity contribution in [2.75, 3.05) is 19.9 Å². The van der Waals surface area contributed by atoms with Crippen LogP contribution in [-0.2, 0) is 22.7 Å². The van der Waals surface area contributed by atoms with Gasteiger partial charge in [-0.2, -0.15) is 0 Å². The van der Waals surface area contributed by atoms with E-state index in [0.717, 1.165) is 11.1 Å². The number of nitrogens with zero attached hydrogens (tertiary/aromatic N) is 1. The van der Waals surface area contributed by atoms with Crippen LogP contribution in [-0.4, -0.2) is 42.6 Å². The van der Waals surface area contributed by atoms with Crippen LogP contribution in [0.5, 0.6) is 11.5 Å². The number of carbonyl (C=O) groups excluding carboxylic acids is 2. The van der Waals surface area contributed by atoms with Crippen LogP contribution in [0.3, 0.4) is 0 Å². The van der Waals surface area contributed by atoms with E-state index >= 15 is 0 Å². The Morgan fingerprint density at radius 1 is 1.00 bits per heavy atom. The minimum atomic E-state index is -0.494. The molecule has 0 aromatic heterocycles. The second kappa shape index (κ2) is 8.88. The summed E-state index contributed by atoms with van der Waals surface area (Å²) in [6.45, 7) is 2.50. The summed E-state index contributed by atoms with van der Waals surface area (Å²) < 4.78 is 10.7. The lowest BCUT2D eigenvalue weighted by molar-refractivity contribution is -0.134. The van der Waals surface area contributed by atoms with Crippen LogP contribution in [0, 0.1) is 0 Å². The molecular formula is C25H25N3O4. The molecule has 1 unspecified atom stereocenters. The number of amides is 2. The van der Waals surface area contributed by atoms with Crippen molar-refractivity contribution in [2.45, 2.75) is 25.6 Å². The molecule has 7 nitrogen and oxygen atoms in total. The number of hydrogen-bond donors (Lipinski definition) is 2. The summed E-state index contributed by atoms with van der Waals surface area (Å²) in [5.41, 5.74) is 2.05. The third-order valence-electron chi connectivity index (χ3n) is 5.95. The molecule has 0 bridgehead atoms. The third kappa shape index (κ3) is 4.38. The van der Waals surface area contributed by atoms with Crippen molar-refractivity contribution in [2.24, 2.45) is 0 Å². The molecule has 1 atom stereocenters. The molecular weight excluding hydrogens is 406 g/mol. The first kappa shape index (κ1) is 20.3. The van der Waals surface area contributed by atoms with Crippen molar-refractivity contribution >= 4 is 22.6 Å². The van der Waals surface area contributed by atoms with Crippen LogP contribution in [0.4, 0.5) is 0 Å². The van der Waals surface area contributed by atoms with E-state index in [1.165, 1.54) is 10.8 Å². The average molecular weight is 431 g/mol. The second-order valence-corrected chi connectivity index (χ2v) is 8.13. The lowest BCUT2D eigenvalue weighted by Gasteiger charge is -2.34. The van der Waals surface area contributed by atoms with Gasteiger partial charge < -0.3 is 20.1 Å². The Morgan fingerprint density at radius 3 is 2.72 bits per heavy atom. The Hall–Kier alpha value is -3.58. The molecule has 0 radical (unpaired) electrons. The second-order valence-electron chi connectivity index (χ2n) is 8.13. The van der Waals surface area contributed by atoms with Gasteiger partial charge in [0.05, 0.1) is 12.5 Å². The largest absolute Gasteiger partial charge is 0.454 e. The maximum absolute atomic E-state index is 12.7. The molecule has 0 spiro atoms. The normalized spacial score (nSPS) is 17.9. The van der Waals surface area contributed by atoms with Crippen LogP contribution < -0.4 is 20.1 Å². The van der Waals surface area contributed by atoms with Gasteiger partial charge in [0, 0.05) is 26.2 Å². The minimum absolute atomic E-state index is 0.102. The summed E-state index contributed by atoms with van der Waals surface area (Å²) in [6.07, 6.45) is 0.115. The topological polar surface area (TPSA) is 79.9 Å². The van der Waals surface area contributed by atoms with E-state index in [9.17, 15) is 9.59 Å². The summed E-state index contributed by atoms with van der Waals surface area (Å²) in [4.78, 5) is 27.3. The maximum Gasteiger partial charge on any atom is 0.237 e. The minimum Gasteiger partial charge on any atom is -0.454 e. The van der Waals surface area contributed by atoms with Gasteiger partial charge in [-0.3, -0.25) is 14.5 Å². The number of benzene rings is 3. The van der Waals surface area contributed by atoms with Gasteiger partial charge in [0.1, 0.15) is 0 Å². The zero-order valence-electron chi connectivity index (χ0n) is 17.7. The van der Waals surface area contributed by atoms with Crippen molar-refractivity contribution in [3.05, 3.63) is 71.8 Å². The maximum atomic E-state index is 12.7. The Kier molecular flexibility index (Phi) is 5.64. The van der Waals surface area contributed by atoms with Crippen molar-refractivity contribution in [3.8, 4) is 11.5 Å². The monoisotopic (exact) mass is 431 g/mol. The Bertz CT molecular complexity index is 1160. The predicted octanol–water partition coefficient (Wildman–Crippen LogP) is 2.58. The summed E-state index contributed by atoms with van der Waals surface area (Å²) in [6, 6.07) is 19.7. The van der Waals surface area contributed by atoms with Gasteiger partial charge in [-0.25, -0.2) is 0 Å². The molecule has 0 saturated carbocycles. The SMILES string of the molecule is O=C(CC1C(=O)NCCN1Cc1ccc2ccccc2c1)NCc1ccc2c(c1)OCO2. The molecule has 1 saturated heterocycles. The van der Waals surface area contributed by atoms with E-state index in [2.05, 4.69) is 45.9 Å². The molecule has 0 aliphatic carbocycles. The molecule has 164 valence electrons. The lowest BCUT2D eigenvalue weighted by Crippen LogP contribution is -2.56. The van der Waals surface area contributed by atoms with E-state index in [1.807, 2.05) is 30.3 Å². The fraction of sp³-hybridized carbons (Fsp3) is 0.280. The Balaban J connectivity index is 1.23.